The lowest BCUT2D eigenvalue weighted by atomic mass is 10.1. The van der Waals surface area contributed by atoms with Gasteiger partial charge in [0.2, 0.25) is 0 Å². The van der Waals surface area contributed by atoms with Gasteiger partial charge in [-0.25, -0.2) is 14.4 Å². The number of carbonyl (C=O) groups excluding carboxylic acids is 1. The van der Waals surface area contributed by atoms with E-state index in [1.807, 2.05) is 17.0 Å². The molecule has 3 aromatic rings. The molecule has 7 nitrogen and oxygen atoms in total. The summed E-state index contributed by atoms with van der Waals surface area (Å²) < 4.78 is 13.3. The molecule has 166 valence electrons. The maximum absolute atomic E-state index is 13.4. The summed E-state index contributed by atoms with van der Waals surface area (Å²) in [7, 11) is 0. The molecule has 2 aromatic heterocycles. The zero-order chi connectivity index (χ0) is 22.5. The third-order valence-electron chi connectivity index (χ3n) is 5.73. The predicted octanol–water partition coefficient (Wildman–Crippen LogP) is 3.19. The Morgan fingerprint density at radius 3 is 2.41 bits per heavy atom. The monoisotopic (exact) mass is 434 g/mol. The quantitative estimate of drug-likeness (QED) is 0.641. The van der Waals surface area contributed by atoms with E-state index in [4.69, 9.17) is 5.73 Å². The highest BCUT2D eigenvalue weighted by Gasteiger charge is 2.27. The lowest BCUT2D eigenvalue weighted by molar-refractivity contribution is 0.0563. The first kappa shape index (κ1) is 22.0. The number of carbonyl (C=O) groups is 1. The van der Waals surface area contributed by atoms with Gasteiger partial charge >= 0.3 is 0 Å². The Hall–Kier alpha value is -3.23. The number of hydrogen-bond donors (Lipinski definition) is 1. The summed E-state index contributed by atoms with van der Waals surface area (Å²) in [4.78, 5) is 30.7. The first-order valence-electron chi connectivity index (χ1n) is 10.9. The van der Waals surface area contributed by atoms with Crippen LogP contribution in [0.2, 0.25) is 0 Å². The van der Waals surface area contributed by atoms with Crippen LogP contribution in [-0.4, -0.2) is 63.0 Å². The molecule has 3 heterocycles. The van der Waals surface area contributed by atoms with E-state index in [-0.39, 0.29) is 17.9 Å². The van der Waals surface area contributed by atoms with Crippen molar-refractivity contribution >= 4 is 5.91 Å². The topological polar surface area (TPSA) is 88.2 Å². The summed E-state index contributed by atoms with van der Waals surface area (Å²) in [5.41, 5.74) is 8.68. The number of hydrogen-bond acceptors (Lipinski definition) is 6. The molecule has 32 heavy (non-hydrogen) atoms. The standard InChI is InChI=1S/C24H27FN6O/c1-2-3-21(26)30-12-14-31(15-13-30)24(32)20-16-28-23(18-4-6-19(25)7-5-18)29-22(20)17-8-10-27-11-9-17/h4-11,16,21H,2-3,12-15,26H2,1H3. The molecular formula is C24H27FN6O. The van der Waals surface area contributed by atoms with Crippen LogP contribution in [0, 0.1) is 5.82 Å². The number of amides is 1. The van der Waals surface area contributed by atoms with Crippen LogP contribution in [0.15, 0.2) is 55.0 Å². The van der Waals surface area contributed by atoms with E-state index in [9.17, 15) is 9.18 Å². The molecule has 2 N–H and O–H groups in total. The highest BCUT2D eigenvalue weighted by Crippen LogP contribution is 2.26. The van der Waals surface area contributed by atoms with Crippen molar-refractivity contribution in [2.24, 2.45) is 5.73 Å². The van der Waals surface area contributed by atoms with Crippen LogP contribution in [-0.2, 0) is 0 Å². The van der Waals surface area contributed by atoms with Crippen molar-refractivity contribution in [3.8, 4) is 22.6 Å². The first-order chi connectivity index (χ1) is 15.6. The average Bonchev–Trinajstić information content (AvgIpc) is 2.84. The van der Waals surface area contributed by atoms with Crippen molar-refractivity contribution in [1.29, 1.82) is 0 Å². The van der Waals surface area contributed by atoms with E-state index < -0.39 is 0 Å². The lowest BCUT2D eigenvalue weighted by Crippen LogP contribution is -2.54. The fourth-order valence-corrected chi connectivity index (χ4v) is 3.91. The van der Waals surface area contributed by atoms with Crippen LogP contribution >= 0.6 is 0 Å². The third kappa shape index (κ3) is 4.81. The summed E-state index contributed by atoms with van der Waals surface area (Å²) in [5.74, 6) is 0.00241. The van der Waals surface area contributed by atoms with Gasteiger partial charge < -0.3 is 10.6 Å². The molecule has 0 aliphatic carbocycles. The van der Waals surface area contributed by atoms with E-state index in [0.717, 1.165) is 31.5 Å². The number of rotatable bonds is 6. The Morgan fingerprint density at radius 2 is 1.75 bits per heavy atom. The normalized spacial score (nSPS) is 15.5. The van der Waals surface area contributed by atoms with Gasteiger partial charge in [-0.3, -0.25) is 14.7 Å². The third-order valence-corrected chi connectivity index (χ3v) is 5.73. The molecule has 1 atom stereocenters. The molecule has 4 rings (SSSR count). The molecule has 0 radical (unpaired) electrons. The summed E-state index contributed by atoms with van der Waals surface area (Å²) in [5, 5.41) is 0. The molecule has 1 saturated heterocycles. The Labute approximate surface area is 187 Å². The second-order valence-electron chi connectivity index (χ2n) is 7.88. The fraction of sp³-hybridized carbons (Fsp3) is 0.333. The maximum atomic E-state index is 13.4. The van der Waals surface area contributed by atoms with E-state index in [1.165, 1.54) is 12.1 Å². The lowest BCUT2D eigenvalue weighted by Gasteiger charge is -2.38. The van der Waals surface area contributed by atoms with E-state index in [2.05, 4.69) is 26.8 Å². The van der Waals surface area contributed by atoms with E-state index >= 15 is 0 Å². The first-order valence-corrected chi connectivity index (χ1v) is 10.9. The summed E-state index contributed by atoms with van der Waals surface area (Å²) in [6.45, 7) is 4.81. The fourth-order valence-electron chi connectivity index (χ4n) is 3.91. The Morgan fingerprint density at radius 1 is 1.06 bits per heavy atom. The largest absolute Gasteiger partial charge is 0.336 e. The molecule has 0 bridgehead atoms. The van der Waals surface area contributed by atoms with E-state index in [1.54, 1.807) is 30.7 Å². The van der Waals surface area contributed by atoms with Gasteiger partial charge in [0.25, 0.3) is 5.91 Å². The van der Waals surface area contributed by atoms with Gasteiger partial charge in [-0.1, -0.05) is 13.3 Å². The number of nitrogens with zero attached hydrogens (tertiary/aromatic N) is 5. The van der Waals surface area contributed by atoms with Crippen LogP contribution < -0.4 is 5.73 Å². The molecule has 0 spiro atoms. The van der Waals surface area contributed by atoms with Gasteiger partial charge in [0, 0.05) is 55.9 Å². The number of nitrogens with two attached hydrogens (primary N) is 1. The van der Waals surface area contributed by atoms with Gasteiger partial charge in [-0.05, 0) is 42.8 Å². The minimum absolute atomic E-state index is 0.0305. The van der Waals surface area contributed by atoms with Crippen LogP contribution in [0.25, 0.3) is 22.6 Å². The summed E-state index contributed by atoms with van der Waals surface area (Å²) in [6, 6.07) is 9.62. The zero-order valence-corrected chi connectivity index (χ0v) is 18.1. The van der Waals surface area contributed by atoms with Crippen molar-refractivity contribution in [2.75, 3.05) is 26.2 Å². The number of piperazine rings is 1. The maximum Gasteiger partial charge on any atom is 0.257 e. The smallest absolute Gasteiger partial charge is 0.257 e. The highest BCUT2D eigenvalue weighted by atomic mass is 19.1. The molecule has 1 unspecified atom stereocenters. The number of pyridine rings is 1. The molecule has 8 heteroatoms. The van der Waals surface area contributed by atoms with Crippen LogP contribution in [0.5, 0.6) is 0 Å². The summed E-state index contributed by atoms with van der Waals surface area (Å²) in [6.07, 6.45) is 6.90. The van der Waals surface area contributed by atoms with E-state index in [0.29, 0.717) is 35.7 Å². The number of halogens is 1. The number of benzene rings is 1. The predicted molar refractivity (Wildman–Crippen MR) is 121 cm³/mol. The van der Waals surface area contributed by atoms with Crippen LogP contribution in [0.4, 0.5) is 4.39 Å². The van der Waals surface area contributed by atoms with Crippen LogP contribution in [0.1, 0.15) is 30.1 Å². The SMILES string of the molecule is CCCC(N)N1CCN(C(=O)c2cnc(-c3ccc(F)cc3)nc2-c2ccncc2)CC1. The molecule has 0 saturated carbocycles. The van der Waals surface area contributed by atoms with Gasteiger partial charge in [-0.15, -0.1) is 0 Å². The van der Waals surface area contributed by atoms with Crippen LogP contribution in [0.3, 0.4) is 0 Å². The van der Waals surface area contributed by atoms with Crippen molar-refractivity contribution in [3.63, 3.8) is 0 Å². The Balaban J connectivity index is 1.62. The average molecular weight is 435 g/mol. The van der Waals surface area contributed by atoms with Gasteiger partial charge in [0.1, 0.15) is 5.82 Å². The zero-order valence-electron chi connectivity index (χ0n) is 18.1. The Bertz CT molecular complexity index is 1050. The van der Waals surface area contributed by atoms with Gasteiger partial charge in [0.05, 0.1) is 17.4 Å². The van der Waals surface area contributed by atoms with Crippen molar-refractivity contribution in [1.82, 2.24) is 24.8 Å². The molecule has 1 aromatic carbocycles. The molecule has 1 amide bonds. The molecule has 1 aliphatic rings. The Kier molecular flexibility index (Phi) is 6.82. The second kappa shape index (κ2) is 9.93. The van der Waals surface area contributed by atoms with Crippen molar-refractivity contribution in [2.45, 2.75) is 25.9 Å². The van der Waals surface area contributed by atoms with Crippen molar-refractivity contribution in [3.05, 3.63) is 66.4 Å². The highest BCUT2D eigenvalue weighted by molar-refractivity contribution is 6.00. The minimum Gasteiger partial charge on any atom is -0.336 e. The molecular weight excluding hydrogens is 407 g/mol. The molecule has 1 fully saturated rings. The second-order valence-corrected chi connectivity index (χ2v) is 7.88. The number of aromatic nitrogens is 3. The molecule has 1 aliphatic heterocycles. The van der Waals surface area contributed by atoms with Gasteiger partial charge in [-0.2, -0.15) is 0 Å². The van der Waals surface area contributed by atoms with Gasteiger partial charge in [0.15, 0.2) is 5.82 Å². The summed E-state index contributed by atoms with van der Waals surface area (Å²) >= 11 is 0. The minimum atomic E-state index is -0.326. The van der Waals surface area contributed by atoms with Crippen molar-refractivity contribution < 1.29 is 9.18 Å².